The summed E-state index contributed by atoms with van der Waals surface area (Å²) in [5, 5.41) is 0. The Bertz CT molecular complexity index is 246. The zero-order chi connectivity index (χ0) is 10.9. The van der Waals surface area contributed by atoms with Crippen LogP contribution in [0.4, 0.5) is 0 Å². The first-order valence-electron chi connectivity index (χ1n) is 5.82. The molecule has 0 aromatic heterocycles. The fourth-order valence-electron chi connectivity index (χ4n) is 1.74. The maximum atomic E-state index is 5.97. The lowest BCUT2D eigenvalue weighted by Gasteiger charge is -2.10. The maximum absolute atomic E-state index is 5.97. The van der Waals surface area contributed by atoms with Gasteiger partial charge in [0, 0.05) is 6.04 Å². The second kappa shape index (κ2) is 7.43. The van der Waals surface area contributed by atoms with Gasteiger partial charge in [0.25, 0.3) is 0 Å². The van der Waals surface area contributed by atoms with E-state index < -0.39 is 0 Å². The van der Waals surface area contributed by atoms with Gasteiger partial charge in [-0.25, -0.2) is 0 Å². The van der Waals surface area contributed by atoms with Crippen molar-refractivity contribution >= 4 is 0 Å². The van der Waals surface area contributed by atoms with Gasteiger partial charge in [-0.05, 0) is 44.2 Å². The van der Waals surface area contributed by atoms with Gasteiger partial charge >= 0.3 is 0 Å². The van der Waals surface area contributed by atoms with E-state index >= 15 is 0 Å². The Kier molecular flexibility index (Phi) is 6.05. The average Bonchev–Trinajstić information content (AvgIpc) is 2.28. The predicted octanol–water partition coefficient (Wildman–Crippen LogP) is 2.08. The van der Waals surface area contributed by atoms with E-state index in [9.17, 15) is 0 Å². The quantitative estimate of drug-likeness (QED) is 0.717. The minimum absolute atomic E-state index is 0.331. The first kappa shape index (κ1) is 12.2. The van der Waals surface area contributed by atoms with Crippen LogP contribution in [-0.4, -0.2) is 12.6 Å². The maximum Gasteiger partial charge on any atom is 0.00394 e. The third kappa shape index (κ3) is 5.55. The SMILES string of the molecule is NCCCC(N)CCCc1ccccc1. The van der Waals surface area contributed by atoms with Crippen molar-refractivity contribution in [3.63, 3.8) is 0 Å². The summed E-state index contributed by atoms with van der Waals surface area (Å²) in [4.78, 5) is 0. The van der Waals surface area contributed by atoms with Gasteiger partial charge in [-0.3, -0.25) is 0 Å². The van der Waals surface area contributed by atoms with Crippen molar-refractivity contribution in [3.05, 3.63) is 35.9 Å². The molecular weight excluding hydrogens is 184 g/mol. The van der Waals surface area contributed by atoms with Crippen LogP contribution in [0.25, 0.3) is 0 Å². The Hall–Kier alpha value is -0.860. The van der Waals surface area contributed by atoms with Crippen LogP contribution >= 0.6 is 0 Å². The van der Waals surface area contributed by atoms with Gasteiger partial charge in [-0.2, -0.15) is 0 Å². The summed E-state index contributed by atoms with van der Waals surface area (Å²) in [6, 6.07) is 10.9. The summed E-state index contributed by atoms with van der Waals surface area (Å²) in [6.07, 6.45) is 5.53. The summed E-state index contributed by atoms with van der Waals surface area (Å²) < 4.78 is 0. The van der Waals surface area contributed by atoms with Gasteiger partial charge in [-0.15, -0.1) is 0 Å². The van der Waals surface area contributed by atoms with Gasteiger partial charge < -0.3 is 11.5 Å². The Morgan fingerprint density at radius 3 is 2.33 bits per heavy atom. The van der Waals surface area contributed by atoms with Crippen molar-refractivity contribution in [3.8, 4) is 0 Å². The van der Waals surface area contributed by atoms with Crippen molar-refractivity contribution in [1.82, 2.24) is 0 Å². The average molecular weight is 206 g/mol. The van der Waals surface area contributed by atoms with E-state index in [-0.39, 0.29) is 0 Å². The highest BCUT2D eigenvalue weighted by atomic mass is 14.6. The molecule has 0 bridgehead atoms. The van der Waals surface area contributed by atoms with Crippen LogP contribution in [0.5, 0.6) is 0 Å². The number of rotatable bonds is 7. The first-order chi connectivity index (χ1) is 7.33. The van der Waals surface area contributed by atoms with E-state index in [1.54, 1.807) is 0 Å². The highest BCUT2D eigenvalue weighted by Crippen LogP contribution is 2.07. The van der Waals surface area contributed by atoms with E-state index in [2.05, 4.69) is 30.3 Å². The molecule has 1 atom stereocenters. The largest absolute Gasteiger partial charge is 0.330 e. The number of hydrogen-bond acceptors (Lipinski definition) is 2. The molecule has 2 heteroatoms. The molecule has 1 unspecified atom stereocenters. The molecule has 0 amide bonds. The third-order valence-corrected chi connectivity index (χ3v) is 2.66. The van der Waals surface area contributed by atoms with Crippen LogP contribution in [-0.2, 0) is 6.42 Å². The predicted molar refractivity (Wildman–Crippen MR) is 65.6 cm³/mol. The third-order valence-electron chi connectivity index (χ3n) is 2.66. The Morgan fingerprint density at radius 1 is 1.00 bits per heavy atom. The van der Waals surface area contributed by atoms with Gasteiger partial charge in [-0.1, -0.05) is 30.3 Å². The summed E-state index contributed by atoms with van der Waals surface area (Å²) in [5.74, 6) is 0. The molecule has 84 valence electrons. The molecule has 0 fully saturated rings. The highest BCUT2D eigenvalue weighted by molar-refractivity contribution is 5.14. The van der Waals surface area contributed by atoms with Crippen molar-refractivity contribution in [2.75, 3.05) is 6.54 Å². The lowest BCUT2D eigenvalue weighted by Crippen LogP contribution is -2.21. The van der Waals surface area contributed by atoms with Crippen LogP contribution in [0.3, 0.4) is 0 Å². The molecule has 0 saturated heterocycles. The summed E-state index contributed by atoms with van der Waals surface area (Å²) in [7, 11) is 0. The summed E-state index contributed by atoms with van der Waals surface area (Å²) in [6.45, 7) is 0.756. The van der Waals surface area contributed by atoms with Crippen LogP contribution in [0.2, 0.25) is 0 Å². The van der Waals surface area contributed by atoms with Gasteiger partial charge in [0.15, 0.2) is 0 Å². The number of aryl methyl sites for hydroxylation is 1. The molecule has 0 spiro atoms. The fraction of sp³-hybridized carbons (Fsp3) is 0.538. The first-order valence-corrected chi connectivity index (χ1v) is 5.82. The fourth-order valence-corrected chi connectivity index (χ4v) is 1.74. The molecule has 0 radical (unpaired) electrons. The molecule has 1 rings (SSSR count). The van der Waals surface area contributed by atoms with Crippen molar-refractivity contribution in [2.24, 2.45) is 11.5 Å². The Balaban J connectivity index is 2.11. The molecule has 0 aliphatic carbocycles. The smallest absolute Gasteiger partial charge is 0.00394 e. The molecule has 1 aromatic carbocycles. The molecule has 1 aromatic rings. The molecule has 4 N–H and O–H groups in total. The van der Waals surface area contributed by atoms with Crippen molar-refractivity contribution < 1.29 is 0 Å². The molecule has 0 aliphatic rings. The number of nitrogens with two attached hydrogens (primary N) is 2. The molecule has 0 heterocycles. The number of benzene rings is 1. The van der Waals surface area contributed by atoms with E-state index in [4.69, 9.17) is 11.5 Å². The lowest BCUT2D eigenvalue weighted by molar-refractivity contribution is 0.531. The topological polar surface area (TPSA) is 52.0 Å². The van der Waals surface area contributed by atoms with E-state index in [1.807, 2.05) is 0 Å². The number of hydrogen-bond donors (Lipinski definition) is 2. The summed E-state index contributed by atoms with van der Waals surface area (Å²) in [5.41, 5.74) is 12.8. The van der Waals surface area contributed by atoms with Crippen LogP contribution in [0.15, 0.2) is 30.3 Å². The van der Waals surface area contributed by atoms with Crippen LogP contribution in [0.1, 0.15) is 31.2 Å². The normalized spacial score (nSPS) is 12.7. The zero-order valence-corrected chi connectivity index (χ0v) is 9.36. The molecule has 0 saturated carbocycles. The minimum Gasteiger partial charge on any atom is -0.330 e. The minimum atomic E-state index is 0.331. The van der Waals surface area contributed by atoms with E-state index in [1.165, 1.54) is 12.0 Å². The second-order valence-electron chi connectivity index (χ2n) is 4.07. The van der Waals surface area contributed by atoms with Gasteiger partial charge in [0.1, 0.15) is 0 Å². The monoisotopic (exact) mass is 206 g/mol. The van der Waals surface area contributed by atoms with Crippen LogP contribution < -0.4 is 11.5 Å². The van der Waals surface area contributed by atoms with Crippen molar-refractivity contribution in [1.29, 1.82) is 0 Å². The van der Waals surface area contributed by atoms with E-state index in [0.717, 1.165) is 32.2 Å². The summed E-state index contributed by atoms with van der Waals surface area (Å²) >= 11 is 0. The second-order valence-corrected chi connectivity index (χ2v) is 4.07. The molecule has 2 nitrogen and oxygen atoms in total. The molecule has 15 heavy (non-hydrogen) atoms. The van der Waals surface area contributed by atoms with E-state index in [0.29, 0.717) is 6.04 Å². The van der Waals surface area contributed by atoms with Gasteiger partial charge in [0.2, 0.25) is 0 Å². The standard InChI is InChI=1S/C13H22N2/c14-11-5-10-13(15)9-4-8-12-6-2-1-3-7-12/h1-3,6-7,13H,4-5,8-11,14-15H2. The Morgan fingerprint density at radius 2 is 1.67 bits per heavy atom. The van der Waals surface area contributed by atoms with Gasteiger partial charge in [0.05, 0.1) is 0 Å². The van der Waals surface area contributed by atoms with Crippen LogP contribution in [0, 0.1) is 0 Å². The zero-order valence-electron chi connectivity index (χ0n) is 9.36. The molecule has 0 aliphatic heterocycles. The Labute approximate surface area is 92.7 Å². The van der Waals surface area contributed by atoms with Crippen molar-refractivity contribution in [2.45, 2.75) is 38.1 Å². The molecular formula is C13H22N2. The highest BCUT2D eigenvalue weighted by Gasteiger charge is 2.01. The lowest BCUT2D eigenvalue weighted by atomic mass is 10.0.